The van der Waals surface area contributed by atoms with Crippen molar-refractivity contribution in [3.8, 4) is 5.75 Å². The van der Waals surface area contributed by atoms with Crippen molar-refractivity contribution in [3.05, 3.63) is 18.1 Å². The van der Waals surface area contributed by atoms with Crippen LogP contribution in [0.1, 0.15) is 0 Å². The van der Waals surface area contributed by atoms with Gasteiger partial charge >= 0.3 is 0 Å². The average Bonchev–Trinajstić information content (AvgIpc) is 2.04. The van der Waals surface area contributed by atoms with E-state index < -0.39 is 0 Å². The first-order chi connectivity index (χ1) is 5.36. The minimum atomic E-state index is -0.368. The Balaban J connectivity index is 2.43. The van der Waals surface area contributed by atoms with Gasteiger partial charge in [0.2, 0.25) is 0 Å². The normalized spacial score (nSPS) is 14.6. The first-order valence-corrected chi connectivity index (χ1v) is 3.38. The van der Waals surface area contributed by atoms with Crippen LogP contribution in [-0.4, -0.2) is 18.1 Å². The highest BCUT2D eigenvalue weighted by atomic mass is 19.1. The summed E-state index contributed by atoms with van der Waals surface area (Å²) < 4.78 is 17.7. The second-order valence-electron chi connectivity index (χ2n) is 2.28. The third kappa shape index (κ3) is 1.11. The Morgan fingerprint density at radius 3 is 3.45 bits per heavy atom. The van der Waals surface area contributed by atoms with Gasteiger partial charge in [-0.15, -0.1) is 0 Å². The second-order valence-corrected chi connectivity index (χ2v) is 2.28. The van der Waals surface area contributed by atoms with Gasteiger partial charge in [-0.1, -0.05) is 0 Å². The zero-order valence-corrected chi connectivity index (χ0v) is 5.80. The fourth-order valence-electron chi connectivity index (χ4n) is 0.994. The summed E-state index contributed by atoms with van der Waals surface area (Å²) >= 11 is 0. The Hall–Kier alpha value is -1.32. The molecule has 3 nitrogen and oxygen atoms in total. The fourth-order valence-corrected chi connectivity index (χ4v) is 0.994. The number of nitrogens with one attached hydrogen (secondary N) is 1. The molecular formula is C7H7FN2O. The first-order valence-electron chi connectivity index (χ1n) is 3.38. The van der Waals surface area contributed by atoms with Crippen LogP contribution in [-0.2, 0) is 0 Å². The van der Waals surface area contributed by atoms with Crippen LogP contribution >= 0.6 is 0 Å². The maximum absolute atomic E-state index is 12.5. The van der Waals surface area contributed by atoms with E-state index in [1.807, 2.05) is 0 Å². The summed E-state index contributed by atoms with van der Waals surface area (Å²) in [6, 6.07) is 1.33. The van der Waals surface area contributed by atoms with Crippen molar-refractivity contribution >= 4 is 5.82 Å². The molecule has 1 aliphatic rings. The molecule has 0 amide bonds. The van der Waals surface area contributed by atoms with E-state index in [0.717, 1.165) is 6.54 Å². The van der Waals surface area contributed by atoms with E-state index in [1.54, 1.807) is 0 Å². The zero-order chi connectivity index (χ0) is 7.68. The standard InChI is InChI=1S/C7H7FN2O/c8-5-3-6-7(10-4-5)9-1-2-11-6/h3-4H,1-2H2,(H,9,10). The first kappa shape index (κ1) is 6.39. The van der Waals surface area contributed by atoms with Gasteiger partial charge in [0.1, 0.15) is 12.4 Å². The van der Waals surface area contributed by atoms with Crippen molar-refractivity contribution in [2.45, 2.75) is 0 Å². The topological polar surface area (TPSA) is 34.1 Å². The number of anilines is 1. The number of aromatic nitrogens is 1. The molecule has 0 fully saturated rings. The lowest BCUT2D eigenvalue weighted by Crippen LogP contribution is -2.19. The summed E-state index contributed by atoms with van der Waals surface area (Å²) in [5.74, 6) is 0.751. The second kappa shape index (κ2) is 2.38. The Labute approximate surface area is 63.2 Å². The smallest absolute Gasteiger partial charge is 0.169 e. The van der Waals surface area contributed by atoms with Gasteiger partial charge in [-0.05, 0) is 0 Å². The third-order valence-corrected chi connectivity index (χ3v) is 1.47. The predicted molar refractivity (Wildman–Crippen MR) is 38.2 cm³/mol. The highest BCUT2D eigenvalue weighted by Gasteiger charge is 2.10. The van der Waals surface area contributed by atoms with Crippen molar-refractivity contribution in [1.29, 1.82) is 0 Å². The van der Waals surface area contributed by atoms with Crippen LogP contribution in [0.3, 0.4) is 0 Å². The van der Waals surface area contributed by atoms with Crippen LogP contribution < -0.4 is 10.1 Å². The van der Waals surface area contributed by atoms with Crippen LogP contribution in [0, 0.1) is 5.82 Å². The Bertz CT molecular complexity index is 277. The molecule has 1 aromatic heterocycles. The van der Waals surface area contributed by atoms with Gasteiger partial charge < -0.3 is 10.1 Å². The zero-order valence-electron chi connectivity index (χ0n) is 5.80. The number of hydrogen-bond donors (Lipinski definition) is 1. The molecule has 11 heavy (non-hydrogen) atoms. The third-order valence-electron chi connectivity index (χ3n) is 1.47. The summed E-state index contributed by atoms with van der Waals surface area (Å²) in [6.07, 6.45) is 1.17. The van der Waals surface area contributed by atoms with E-state index in [4.69, 9.17) is 4.74 Å². The SMILES string of the molecule is Fc1cnc2c(c1)OCCN2. The summed E-state index contributed by atoms with van der Waals surface area (Å²) in [4.78, 5) is 3.81. The summed E-state index contributed by atoms with van der Waals surface area (Å²) in [5.41, 5.74) is 0. The maximum Gasteiger partial charge on any atom is 0.169 e. The van der Waals surface area contributed by atoms with Crippen LogP contribution in [0.15, 0.2) is 12.3 Å². The number of ether oxygens (including phenoxy) is 1. The molecule has 2 rings (SSSR count). The molecule has 0 aliphatic carbocycles. The monoisotopic (exact) mass is 154 g/mol. The number of rotatable bonds is 0. The largest absolute Gasteiger partial charge is 0.488 e. The van der Waals surface area contributed by atoms with E-state index in [0.29, 0.717) is 18.2 Å². The van der Waals surface area contributed by atoms with Crippen molar-refractivity contribution in [1.82, 2.24) is 4.98 Å². The van der Waals surface area contributed by atoms with Gasteiger partial charge in [0.25, 0.3) is 0 Å². The molecular weight excluding hydrogens is 147 g/mol. The fraction of sp³-hybridized carbons (Fsp3) is 0.286. The number of pyridine rings is 1. The molecule has 0 atom stereocenters. The maximum atomic E-state index is 12.5. The van der Waals surface area contributed by atoms with Crippen LogP contribution in [0.2, 0.25) is 0 Å². The highest BCUT2D eigenvalue weighted by molar-refractivity contribution is 5.50. The number of nitrogens with zero attached hydrogens (tertiary/aromatic N) is 1. The molecule has 0 spiro atoms. The van der Waals surface area contributed by atoms with Crippen molar-refractivity contribution < 1.29 is 9.13 Å². The van der Waals surface area contributed by atoms with E-state index >= 15 is 0 Å². The number of hydrogen-bond acceptors (Lipinski definition) is 3. The molecule has 0 aromatic carbocycles. The van der Waals surface area contributed by atoms with Gasteiger partial charge in [0.05, 0.1) is 12.7 Å². The predicted octanol–water partition coefficient (Wildman–Crippen LogP) is 1.02. The van der Waals surface area contributed by atoms with Crippen molar-refractivity contribution in [3.63, 3.8) is 0 Å². The minimum absolute atomic E-state index is 0.368. The average molecular weight is 154 g/mol. The van der Waals surface area contributed by atoms with Crippen molar-refractivity contribution in [2.24, 2.45) is 0 Å². The Morgan fingerprint density at radius 1 is 1.64 bits per heavy atom. The van der Waals surface area contributed by atoms with Gasteiger partial charge in [-0.25, -0.2) is 9.37 Å². The molecule has 0 radical (unpaired) electrons. The van der Waals surface area contributed by atoms with Gasteiger partial charge in [-0.3, -0.25) is 0 Å². The Morgan fingerprint density at radius 2 is 2.55 bits per heavy atom. The number of fused-ring (bicyclic) bond motifs is 1. The lowest BCUT2D eigenvalue weighted by molar-refractivity contribution is 0.319. The molecule has 2 heterocycles. The highest BCUT2D eigenvalue weighted by Crippen LogP contribution is 2.24. The molecule has 1 aliphatic heterocycles. The van der Waals surface area contributed by atoms with Crippen LogP contribution in [0.5, 0.6) is 5.75 Å². The minimum Gasteiger partial charge on any atom is -0.488 e. The van der Waals surface area contributed by atoms with Crippen LogP contribution in [0.4, 0.5) is 10.2 Å². The molecule has 0 saturated heterocycles. The molecule has 0 bridgehead atoms. The quantitative estimate of drug-likeness (QED) is 0.605. The molecule has 58 valence electrons. The van der Waals surface area contributed by atoms with Crippen LogP contribution in [0.25, 0.3) is 0 Å². The summed E-state index contributed by atoms with van der Waals surface area (Å²) in [5, 5.41) is 2.99. The summed E-state index contributed by atoms with van der Waals surface area (Å²) in [6.45, 7) is 1.30. The van der Waals surface area contributed by atoms with Gasteiger partial charge in [0, 0.05) is 6.07 Å². The van der Waals surface area contributed by atoms with Crippen molar-refractivity contribution in [2.75, 3.05) is 18.5 Å². The van der Waals surface area contributed by atoms with E-state index in [1.165, 1.54) is 12.3 Å². The van der Waals surface area contributed by atoms with E-state index in [-0.39, 0.29) is 5.82 Å². The molecule has 1 aromatic rings. The van der Waals surface area contributed by atoms with Gasteiger partial charge in [0.15, 0.2) is 11.6 Å². The molecule has 0 unspecified atom stereocenters. The lowest BCUT2D eigenvalue weighted by atomic mass is 10.4. The molecule has 0 saturated carbocycles. The number of halogens is 1. The summed E-state index contributed by atoms with van der Waals surface area (Å²) in [7, 11) is 0. The Kier molecular flexibility index (Phi) is 1.38. The van der Waals surface area contributed by atoms with E-state index in [2.05, 4.69) is 10.3 Å². The molecule has 4 heteroatoms. The molecule has 1 N–H and O–H groups in total. The van der Waals surface area contributed by atoms with Gasteiger partial charge in [-0.2, -0.15) is 0 Å². The van der Waals surface area contributed by atoms with E-state index in [9.17, 15) is 4.39 Å². The lowest BCUT2D eigenvalue weighted by Gasteiger charge is -2.17.